The molecule has 1 aliphatic rings. The molecule has 132 valence electrons. The number of nitrogens with zero attached hydrogens (tertiary/aromatic N) is 2. The van der Waals surface area contributed by atoms with Gasteiger partial charge in [-0.05, 0) is 24.3 Å². The highest BCUT2D eigenvalue weighted by molar-refractivity contribution is 5.80. The van der Waals surface area contributed by atoms with E-state index in [1.807, 2.05) is 0 Å². The zero-order chi connectivity index (χ0) is 18.0. The first kappa shape index (κ1) is 17.1. The van der Waals surface area contributed by atoms with Gasteiger partial charge in [0.05, 0.1) is 12.1 Å². The number of piperidine rings is 1. The maximum absolute atomic E-state index is 12.9. The summed E-state index contributed by atoms with van der Waals surface area (Å²) in [4.78, 5) is 29.0. The van der Waals surface area contributed by atoms with Gasteiger partial charge in [-0.1, -0.05) is 0 Å². The van der Waals surface area contributed by atoms with Crippen LogP contribution in [0.4, 0.5) is 4.39 Å². The summed E-state index contributed by atoms with van der Waals surface area (Å²) in [5, 5.41) is 18.9. The molecule has 3 rings (SSSR count). The number of oxazole rings is 1. The van der Waals surface area contributed by atoms with E-state index in [-0.39, 0.29) is 44.1 Å². The van der Waals surface area contributed by atoms with Crippen LogP contribution >= 0.6 is 0 Å². The van der Waals surface area contributed by atoms with Crippen molar-refractivity contribution in [1.82, 2.24) is 9.88 Å². The molecule has 7 nitrogen and oxygen atoms in total. The highest BCUT2D eigenvalue weighted by Gasteiger charge is 2.40. The Balaban J connectivity index is 1.61. The molecule has 2 aromatic rings. The van der Waals surface area contributed by atoms with Crippen molar-refractivity contribution in [2.24, 2.45) is 0 Å². The van der Waals surface area contributed by atoms with E-state index in [9.17, 15) is 19.1 Å². The average Bonchev–Trinajstić information content (AvgIpc) is 3.04. The first-order chi connectivity index (χ1) is 11.9. The largest absolute Gasteiger partial charge is 0.479 e. The summed E-state index contributed by atoms with van der Waals surface area (Å²) >= 11 is 0. The number of carbonyl (C=O) groups excluding carboxylic acids is 1. The normalized spacial score (nSPS) is 16.6. The number of aromatic nitrogens is 1. The quantitative estimate of drug-likeness (QED) is 0.867. The van der Waals surface area contributed by atoms with E-state index < -0.39 is 11.6 Å². The Hall–Kier alpha value is -2.74. The van der Waals surface area contributed by atoms with E-state index in [0.717, 1.165) is 0 Å². The second kappa shape index (κ2) is 6.64. The van der Waals surface area contributed by atoms with Gasteiger partial charge < -0.3 is 19.5 Å². The molecule has 1 aliphatic heterocycles. The molecule has 0 bridgehead atoms. The van der Waals surface area contributed by atoms with Crippen LogP contribution in [-0.2, 0) is 16.0 Å². The van der Waals surface area contributed by atoms with Gasteiger partial charge in [0, 0.05) is 31.5 Å². The number of aliphatic carboxylic acids is 1. The van der Waals surface area contributed by atoms with Gasteiger partial charge in [0.2, 0.25) is 11.8 Å². The number of hydrogen-bond donors (Lipinski definition) is 2. The highest BCUT2D eigenvalue weighted by Crippen LogP contribution is 2.23. The van der Waals surface area contributed by atoms with Crippen LogP contribution in [0.1, 0.15) is 18.5 Å². The summed E-state index contributed by atoms with van der Waals surface area (Å²) < 4.78 is 18.3. The molecule has 1 aromatic heterocycles. The molecule has 0 radical (unpaired) electrons. The summed E-state index contributed by atoms with van der Waals surface area (Å²) in [6.07, 6.45) is 1.37. The zero-order valence-electron chi connectivity index (χ0n) is 13.3. The maximum Gasteiger partial charge on any atom is 0.335 e. The third-order valence-corrected chi connectivity index (χ3v) is 4.32. The Morgan fingerprint density at radius 1 is 1.24 bits per heavy atom. The predicted molar refractivity (Wildman–Crippen MR) is 84.0 cm³/mol. The number of amides is 1. The van der Waals surface area contributed by atoms with E-state index in [1.54, 1.807) is 0 Å². The van der Waals surface area contributed by atoms with Crippen LogP contribution < -0.4 is 0 Å². The standard InChI is InChI=1S/C17H17FN2O5/c18-12-3-1-11(2-4-12)15-19-13(10-25-15)9-14(21)20-7-5-17(24,6-8-20)16(22)23/h1-4,10,24H,5-9H2,(H,22,23). The highest BCUT2D eigenvalue weighted by atomic mass is 19.1. The SMILES string of the molecule is O=C(Cc1coc(-c2ccc(F)cc2)n1)N1CCC(O)(C(=O)O)CC1. The second-order valence-corrected chi connectivity index (χ2v) is 6.05. The van der Waals surface area contributed by atoms with Crippen molar-refractivity contribution >= 4 is 11.9 Å². The third-order valence-electron chi connectivity index (χ3n) is 4.32. The monoisotopic (exact) mass is 348 g/mol. The molecule has 2 N–H and O–H groups in total. The maximum atomic E-state index is 12.9. The number of likely N-dealkylation sites (tertiary alicyclic amines) is 1. The van der Waals surface area contributed by atoms with Crippen molar-refractivity contribution in [3.05, 3.63) is 42.0 Å². The van der Waals surface area contributed by atoms with E-state index in [2.05, 4.69) is 4.98 Å². The summed E-state index contributed by atoms with van der Waals surface area (Å²) in [5.74, 6) is -1.55. The molecule has 2 heterocycles. The second-order valence-electron chi connectivity index (χ2n) is 6.05. The summed E-state index contributed by atoms with van der Waals surface area (Å²) in [5.41, 5.74) is -0.728. The number of rotatable bonds is 4. The Morgan fingerprint density at radius 2 is 1.88 bits per heavy atom. The molecule has 0 spiro atoms. The van der Waals surface area contributed by atoms with E-state index in [4.69, 9.17) is 9.52 Å². The van der Waals surface area contributed by atoms with Crippen molar-refractivity contribution in [3.63, 3.8) is 0 Å². The molecular formula is C17H17FN2O5. The number of carbonyl (C=O) groups is 2. The molecule has 8 heteroatoms. The van der Waals surface area contributed by atoms with Gasteiger partial charge in [-0.25, -0.2) is 14.2 Å². The lowest BCUT2D eigenvalue weighted by Gasteiger charge is -2.35. The van der Waals surface area contributed by atoms with Crippen LogP contribution in [0.15, 0.2) is 34.9 Å². The molecule has 1 aromatic carbocycles. The van der Waals surface area contributed by atoms with Gasteiger partial charge >= 0.3 is 5.97 Å². The molecule has 1 fully saturated rings. The summed E-state index contributed by atoms with van der Waals surface area (Å²) in [6.45, 7) is 0.342. The molecule has 1 amide bonds. The zero-order valence-corrected chi connectivity index (χ0v) is 13.3. The first-order valence-corrected chi connectivity index (χ1v) is 7.81. The average molecular weight is 348 g/mol. The van der Waals surface area contributed by atoms with Gasteiger partial charge in [-0.15, -0.1) is 0 Å². The smallest absolute Gasteiger partial charge is 0.335 e. The van der Waals surface area contributed by atoms with Gasteiger partial charge in [0.25, 0.3) is 0 Å². The molecule has 0 unspecified atom stereocenters. The predicted octanol–water partition coefficient (Wildman–Crippen LogP) is 1.46. The Morgan fingerprint density at radius 3 is 2.48 bits per heavy atom. The summed E-state index contributed by atoms with van der Waals surface area (Å²) in [7, 11) is 0. The van der Waals surface area contributed by atoms with Gasteiger partial charge in [0.1, 0.15) is 12.1 Å². The van der Waals surface area contributed by atoms with Crippen LogP contribution in [0, 0.1) is 5.82 Å². The first-order valence-electron chi connectivity index (χ1n) is 7.81. The Labute approximate surface area is 142 Å². The van der Waals surface area contributed by atoms with Gasteiger partial charge in [-0.3, -0.25) is 4.79 Å². The summed E-state index contributed by atoms with van der Waals surface area (Å²) in [6, 6.07) is 5.65. The van der Waals surface area contributed by atoms with E-state index in [0.29, 0.717) is 17.1 Å². The number of halogens is 1. The Bertz CT molecular complexity index is 779. The number of carboxylic acids is 1. The molecular weight excluding hydrogens is 331 g/mol. The fourth-order valence-corrected chi connectivity index (χ4v) is 2.72. The van der Waals surface area contributed by atoms with Crippen LogP contribution in [-0.4, -0.2) is 50.7 Å². The molecule has 0 atom stereocenters. The lowest BCUT2D eigenvalue weighted by Crippen LogP contribution is -2.51. The molecule has 0 aliphatic carbocycles. The van der Waals surface area contributed by atoms with Crippen molar-refractivity contribution < 1.29 is 28.6 Å². The van der Waals surface area contributed by atoms with Crippen molar-refractivity contribution in [1.29, 1.82) is 0 Å². The lowest BCUT2D eigenvalue weighted by molar-refractivity contribution is -0.165. The number of benzene rings is 1. The van der Waals surface area contributed by atoms with Crippen LogP contribution in [0.2, 0.25) is 0 Å². The minimum Gasteiger partial charge on any atom is -0.479 e. The Kier molecular flexibility index (Phi) is 4.54. The van der Waals surface area contributed by atoms with Gasteiger partial charge in [-0.2, -0.15) is 0 Å². The topological polar surface area (TPSA) is 104 Å². The van der Waals surface area contributed by atoms with Crippen molar-refractivity contribution in [3.8, 4) is 11.5 Å². The van der Waals surface area contributed by atoms with Crippen molar-refractivity contribution in [2.75, 3.05) is 13.1 Å². The molecule has 25 heavy (non-hydrogen) atoms. The minimum absolute atomic E-state index is 0.00623. The van der Waals surface area contributed by atoms with Crippen LogP contribution in [0.5, 0.6) is 0 Å². The fraction of sp³-hybridized carbons (Fsp3) is 0.353. The van der Waals surface area contributed by atoms with Crippen LogP contribution in [0.25, 0.3) is 11.5 Å². The van der Waals surface area contributed by atoms with E-state index >= 15 is 0 Å². The molecule has 0 saturated carbocycles. The lowest BCUT2D eigenvalue weighted by atomic mass is 9.91. The van der Waals surface area contributed by atoms with E-state index in [1.165, 1.54) is 35.4 Å². The van der Waals surface area contributed by atoms with Crippen LogP contribution in [0.3, 0.4) is 0 Å². The third kappa shape index (κ3) is 3.69. The van der Waals surface area contributed by atoms with Crippen molar-refractivity contribution in [2.45, 2.75) is 24.9 Å². The fourth-order valence-electron chi connectivity index (χ4n) is 2.72. The van der Waals surface area contributed by atoms with Gasteiger partial charge in [0.15, 0.2) is 5.60 Å². The molecule has 1 saturated heterocycles. The number of aliphatic hydroxyl groups is 1. The number of carboxylic acid groups (broad SMARTS) is 1. The minimum atomic E-state index is -1.76. The number of hydrogen-bond acceptors (Lipinski definition) is 5.